The number of aromatic nitrogens is 1. The van der Waals surface area contributed by atoms with Crippen molar-refractivity contribution in [2.75, 3.05) is 6.54 Å². The first-order valence-electron chi connectivity index (χ1n) is 8.77. The van der Waals surface area contributed by atoms with Gasteiger partial charge in [0, 0.05) is 23.9 Å². The van der Waals surface area contributed by atoms with Crippen molar-refractivity contribution in [2.45, 2.75) is 25.7 Å². The summed E-state index contributed by atoms with van der Waals surface area (Å²) in [6.45, 7) is 1.03. The van der Waals surface area contributed by atoms with Crippen molar-refractivity contribution in [1.82, 2.24) is 10.3 Å². The molecule has 126 valence electrons. The first-order valence-corrected chi connectivity index (χ1v) is 9.65. The highest BCUT2D eigenvalue weighted by molar-refractivity contribution is 7.13. The Labute approximate surface area is 152 Å². The topological polar surface area (TPSA) is 37.3 Å². The number of thiazole rings is 1. The molecule has 4 heteroatoms. The average molecular weight is 347 g/mol. The third-order valence-electron chi connectivity index (χ3n) is 4.39. The smallest absolute Gasteiger partial charge is 0.211 e. The van der Waals surface area contributed by atoms with Crippen LogP contribution in [0.2, 0.25) is 0 Å². The largest absolute Gasteiger partial charge is 0.373 e. The highest BCUT2D eigenvalue weighted by atomic mass is 32.1. The van der Waals surface area contributed by atoms with E-state index in [9.17, 15) is 0 Å². The van der Waals surface area contributed by atoms with Crippen molar-refractivity contribution in [3.8, 4) is 11.3 Å². The van der Waals surface area contributed by atoms with E-state index < -0.39 is 0 Å². The maximum Gasteiger partial charge on any atom is 0.211 e. The predicted octanol–water partition coefficient (Wildman–Crippen LogP) is 5.20. The van der Waals surface area contributed by atoms with Crippen LogP contribution in [0, 0.1) is 0 Å². The number of rotatable bonds is 4. The van der Waals surface area contributed by atoms with Crippen molar-refractivity contribution in [2.24, 2.45) is 4.99 Å². The Morgan fingerprint density at radius 3 is 2.52 bits per heavy atom. The van der Waals surface area contributed by atoms with E-state index in [0.29, 0.717) is 0 Å². The van der Waals surface area contributed by atoms with E-state index >= 15 is 0 Å². The van der Waals surface area contributed by atoms with Gasteiger partial charge in [-0.1, -0.05) is 54.6 Å². The highest BCUT2D eigenvalue weighted by Gasteiger charge is 2.08. The molecule has 3 aromatic rings. The summed E-state index contributed by atoms with van der Waals surface area (Å²) in [6, 6.07) is 19.3. The summed E-state index contributed by atoms with van der Waals surface area (Å²) in [6.07, 6.45) is 4.44. The number of aliphatic imine (C=N–C) groups is 1. The molecule has 2 aromatic carbocycles. The van der Waals surface area contributed by atoms with E-state index in [1.165, 1.54) is 24.0 Å². The van der Waals surface area contributed by atoms with Gasteiger partial charge in [0.05, 0.1) is 5.69 Å². The minimum Gasteiger partial charge on any atom is -0.373 e. The van der Waals surface area contributed by atoms with Gasteiger partial charge in [-0.15, -0.1) is 11.3 Å². The van der Waals surface area contributed by atoms with Gasteiger partial charge >= 0.3 is 0 Å². The van der Waals surface area contributed by atoms with Crippen molar-refractivity contribution in [1.29, 1.82) is 0 Å². The molecule has 2 heterocycles. The first-order chi connectivity index (χ1) is 12.4. The predicted molar refractivity (Wildman–Crippen MR) is 106 cm³/mol. The molecule has 1 N–H and O–H groups in total. The van der Waals surface area contributed by atoms with Crippen LogP contribution in [0.1, 0.15) is 30.4 Å². The summed E-state index contributed by atoms with van der Waals surface area (Å²) in [4.78, 5) is 9.33. The molecule has 1 fully saturated rings. The maximum absolute atomic E-state index is 4.68. The van der Waals surface area contributed by atoms with Crippen LogP contribution in [-0.2, 0) is 6.42 Å². The van der Waals surface area contributed by atoms with Gasteiger partial charge in [-0.05, 0) is 30.4 Å². The highest BCUT2D eigenvalue weighted by Crippen LogP contribution is 2.27. The molecule has 25 heavy (non-hydrogen) atoms. The lowest BCUT2D eigenvalue weighted by Crippen LogP contribution is -2.28. The van der Waals surface area contributed by atoms with Gasteiger partial charge < -0.3 is 5.32 Å². The van der Waals surface area contributed by atoms with Crippen LogP contribution in [0.25, 0.3) is 11.3 Å². The van der Waals surface area contributed by atoms with Gasteiger partial charge in [-0.25, -0.2) is 9.98 Å². The van der Waals surface area contributed by atoms with Gasteiger partial charge in [0.1, 0.15) is 5.84 Å². The quantitative estimate of drug-likeness (QED) is 0.704. The summed E-state index contributed by atoms with van der Waals surface area (Å²) >= 11 is 1.61. The lowest BCUT2D eigenvalue weighted by molar-refractivity contribution is 0.669. The van der Waals surface area contributed by atoms with E-state index in [0.717, 1.165) is 41.6 Å². The fourth-order valence-corrected chi connectivity index (χ4v) is 3.74. The summed E-state index contributed by atoms with van der Waals surface area (Å²) < 4.78 is 0. The molecular weight excluding hydrogens is 326 g/mol. The third kappa shape index (κ3) is 4.15. The zero-order valence-corrected chi connectivity index (χ0v) is 14.9. The monoisotopic (exact) mass is 347 g/mol. The number of piperidine rings is 1. The van der Waals surface area contributed by atoms with Crippen LogP contribution in [0.4, 0.5) is 5.13 Å². The second-order valence-corrected chi connectivity index (χ2v) is 7.15. The first kappa shape index (κ1) is 16.0. The van der Waals surface area contributed by atoms with E-state index in [1.54, 1.807) is 11.3 Å². The average Bonchev–Trinajstić information content (AvgIpc) is 3.12. The van der Waals surface area contributed by atoms with Gasteiger partial charge in [0.15, 0.2) is 0 Å². The minimum absolute atomic E-state index is 0.841. The standard InChI is InChI=1S/C21H21N3S/c1-2-6-16(7-3-1)14-17-9-11-18(12-10-17)19-15-25-21(23-19)24-20-8-4-5-13-22-20/h1-3,6-7,9-12,15H,4-5,8,13-14H2,(H,22,23,24). The molecule has 0 amide bonds. The van der Waals surface area contributed by atoms with Crippen LogP contribution in [0.3, 0.4) is 0 Å². The molecule has 0 unspecified atom stereocenters. The number of hydrogen-bond donors (Lipinski definition) is 1. The van der Waals surface area contributed by atoms with E-state index in [-0.39, 0.29) is 0 Å². The Morgan fingerprint density at radius 1 is 0.960 bits per heavy atom. The fraction of sp³-hybridized carbons (Fsp3) is 0.238. The molecule has 4 rings (SSSR count). The molecule has 1 aliphatic rings. The summed E-state index contributed by atoms with van der Waals surface area (Å²) in [7, 11) is 0. The third-order valence-corrected chi connectivity index (χ3v) is 5.13. The zero-order chi connectivity index (χ0) is 16.9. The Morgan fingerprint density at radius 2 is 1.76 bits per heavy atom. The van der Waals surface area contributed by atoms with Gasteiger partial charge in [0.2, 0.25) is 5.13 Å². The van der Waals surface area contributed by atoms with Gasteiger partial charge in [0.25, 0.3) is 0 Å². The fourth-order valence-electron chi connectivity index (χ4n) is 3.02. The second-order valence-electron chi connectivity index (χ2n) is 6.32. The Balaban J connectivity index is 1.47. The van der Waals surface area contributed by atoms with Crippen molar-refractivity contribution < 1.29 is 0 Å². The van der Waals surface area contributed by atoms with Crippen LogP contribution >= 0.6 is 11.3 Å². The second kappa shape index (κ2) is 7.62. The molecule has 1 aliphatic heterocycles. The van der Waals surface area contributed by atoms with E-state index in [4.69, 9.17) is 0 Å². The van der Waals surface area contributed by atoms with Crippen LogP contribution in [-0.4, -0.2) is 17.4 Å². The molecule has 3 nitrogen and oxygen atoms in total. The number of hydrogen-bond acceptors (Lipinski definition) is 3. The lowest BCUT2D eigenvalue weighted by atomic mass is 10.0. The number of amidine groups is 1. The lowest BCUT2D eigenvalue weighted by Gasteiger charge is -2.14. The molecule has 0 bridgehead atoms. The molecule has 1 saturated heterocycles. The Kier molecular flexibility index (Phi) is 4.89. The molecule has 0 aliphatic carbocycles. The molecule has 0 saturated carbocycles. The van der Waals surface area contributed by atoms with Gasteiger partial charge in [-0.3, -0.25) is 0 Å². The molecule has 0 radical (unpaired) electrons. The Hall–Kier alpha value is -2.46. The number of nitrogens with one attached hydrogen (secondary N) is 1. The zero-order valence-electron chi connectivity index (χ0n) is 14.1. The van der Waals surface area contributed by atoms with Crippen LogP contribution in [0.5, 0.6) is 0 Å². The minimum atomic E-state index is 0.841. The molecule has 0 atom stereocenters. The number of nitrogens with zero attached hydrogens (tertiary/aromatic N) is 2. The summed E-state index contributed by atoms with van der Waals surface area (Å²) in [5, 5.41) is 6.30. The normalized spacial score (nSPS) is 15.9. The summed E-state index contributed by atoms with van der Waals surface area (Å²) in [5.41, 5.74) is 4.81. The van der Waals surface area contributed by atoms with Gasteiger partial charge in [-0.2, -0.15) is 0 Å². The van der Waals surface area contributed by atoms with Crippen molar-refractivity contribution in [3.63, 3.8) is 0 Å². The van der Waals surface area contributed by atoms with Crippen molar-refractivity contribution in [3.05, 3.63) is 71.1 Å². The molecule has 0 spiro atoms. The van der Waals surface area contributed by atoms with E-state index in [2.05, 4.69) is 75.3 Å². The maximum atomic E-state index is 4.68. The molecular formula is C21H21N3S. The summed E-state index contributed by atoms with van der Waals surface area (Å²) in [5.74, 6) is 1.07. The van der Waals surface area contributed by atoms with Crippen LogP contribution < -0.4 is 5.32 Å². The Bertz CT molecular complexity index is 842. The van der Waals surface area contributed by atoms with E-state index in [1.807, 2.05) is 0 Å². The number of benzene rings is 2. The molecule has 1 aromatic heterocycles. The van der Waals surface area contributed by atoms with Crippen LogP contribution in [0.15, 0.2) is 65.0 Å². The van der Waals surface area contributed by atoms with Crippen molar-refractivity contribution >= 4 is 22.3 Å². The SMILES string of the molecule is c1ccc(Cc2ccc(-c3csc(/N=C4/CCCCN4)n3)cc2)cc1.